The van der Waals surface area contributed by atoms with Gasteiger partial charge in [0.2, 0.25) is 17.6 Å². The van der Waals surface area contributed by atoms with Gasteiger partial charge in [-0.15, -0.1) is 15.7 Å². The summed E-state index contributed by atoms with van der Waals surface area (Å²) in [6.07, 6.45) is -1.91. The standard InChI is InChI=1S/C31H46N6O12S4/c1-7-32-23-14-19(2)52(42,43)30-22(23)15-27(50-30)53(44,45)35-24(39)8-9-25(40)47-18-26(41)49-21(16-37(20(3)38)31(4,5)6)17-48-29-28(33-51-34-29)36-10-12-46-13-11-36/h15,19,21,23,32H,7-14,16-18H2,1-6H3,(H,35,39)/t19-,21-,23-/m0/s1. The van der Waals surface area contributed by atoms with Crippen LogP contribution in [0.3, 0.4) is 0 Å². The lowest BCUT2D eigenvalue weighted by Crippen LogP contribution is -2.50. The third-order valence-corrected chi connectivity index (χ3v) is 14.6. The molecule has 4 heterocycles. The van der Waals surface area contributed by atoms with E-state index in [1.165, 1.54) is 17.9 Å². The van der Waals surface area contributed by atoms with E-state index >= 15 is 0 Å². The molecule has 296 valence electrons. The number of hydrogen-bond donors (Lipinski definition) is 2. The van der Waals surface area contributed by atoms with Crippen LogP contribution in [0, 0.1) is 0 Å². The van der Waals surface area contributed by atoms with Gasteiger partial charge in [-0.05, 0) is 46.7 Å². The molecule has 0 bridgehead atoms. The third-order valence-electron chi connectivity index (χ3n) is 8.34. The number of esters is 2. The molecule has 0 spiro atoms. The average molecular weight is 823 g/mol. The number of fused-ring (bicyclic) bond motifs is 1. The normalized spacial score (nSPS) is 19.1. The molecule has 53 heavy (non-hydrogen) atoms. The van der Waals surface area contributed by atoms with E-state index in [0.29, 0.717) is 55.6 Å². The quantitative estimate of drug-likeness (QED) is 0.228. The number of anilines is 1. The van der Waals surface area contributed by atoms with Crippen LogP contribution in [0.5, 0.6) is 5.88 Å². The Labute approximate surface area is 317 Å². The fourth-order valence-electron chi connectivity index (χ4n) is 5.68. The first kappa shape index (κ1) is 42.3. The molecule has 0 radical (unpaired) electrons. The largest absolute Gasteiger partial charge is 0.470 e. The van der Waals surface area contributed by atoms with Crippen LogP contribution in [-0.2, 0) is 53.2 Å². The summed E-state index contributed by atoms with van der Waals surface area (Å²) in [5.74, 6) is -2.50. The van der Waals surface area contributed by atoms with Crippen LogP contribution in [0.25, 0.3) is 0 Å². The molecule has 0 aliphatic carbocycles. The van der Waals surface area contributed by atoms with E-state index < -0.39 is 74.0 Å². The minimum absolute atomic E-state index is 0.0500. The van der Waals surface area contributed by atoms with Crippen molar-refractivity contribution in [2.24, 2.45) is 0 Å². The van der Waals surface area contributed by atoms with Gasteiger partial charge in [0.15, 0.2) is 22.5 Å². The summed E-state index contributed by atoms with van der Waals surface area (Å²) in [7, 11) is -8.21. The van der Waals surface area contributed by atoms with Crippen LogP contribution in [0.2, 0.25) is 0 Å². The minimum atomic E-state index is -4.46. The van der Waals surface area contributed by atoms with Crippen molar-refractivity contribution >= 4 is 72.5 Å². The Morgan fingerprint density at radius 2 is 1.83 bits per heavy atom. The number of thiophene rings is 1. The summed E-state index contributed by atoms with van der Waals surface area (Å²) >= 11 is 1.52. The van der Waals surface area contributed by atoms with Gasteiger partial charge < -0.3 is 34.1 Å². The zero-order valence-corrected chi connectivity index (χ0v) is 33.7. The van der Waals surface area contributed by atoms with Gasteiger partial charge in [0.05, 0.1) is 43.2 Å². The summed E-state index contributed by atoms with van der Waals surface area (Å²) in [5.41, 5.74) is -0.302. The number of carbonyl (C=O) groups is 4. The lowest BCUT2D eigenvalue weighted by Gasteiger charge is -2.37. The zero-order valence-electron chi connectivity index (χ0n) is 30.4. The highest BCUT2D eigenvalue weighted by molar-refractivity contribution is 7.95. The summed E-state index contributed by atoms with van der Waals surface area (Å²) in [4.78, 5) is 53.8. The van der Waals surface area contributed by atoms with Gasteiger partial charge in [0, 0.05) is 43.6 Å². The first-order chi connectivity index (χ1) is 24.8. The topological polar surface area (TPSA) is 230 Å². The molecule has 3 atom stereocenters. The van der Waals surface area contributed by atoms with Crippen LogP contribution in [-0.4, -0.2) is 124 Å². The SMILES string of the molecule is CCN[C@H]1C[C@H](C)S(=O)(=O)c2sc(S(=O)(=O)NC(=O)CCC(=O)OCC(=O)O[C@H](COc3nsnc3N3CCOCC3)CN(C(C)=O)C(C)(C)C)cc21. The molecule has 2 aromatic rings. The average Bonchev–Trinajstić information content (AvgIpc) is 3.75. The van der Waals surface area contributed by atoms with E-state index in [-0.39, 0.29) is 45.8 Å². The van der Waals surface area contributed by atoms with Crippen LogP contribution in [0.1, 0.15) is 72.4 Å². The molecule has 18 nitrogen and oxygen atoms in total. The molecule has 2 aliphatic heterocycles. The van der Waals surface area contributed by atoms with Gasteiger partial charge in [0.1, 0.15) is 15.0 Å². The zero-order chi connectivity index (χ0) is 39.1. The van der Waals surface area contributed by atoms with Crippen molar-refractivity contribution in [1.82, 2.24) is 23.7 Å². The fourth-order valence-corrected chi connectivity index (χ4v) is 11.2. The second kappa shape index (κ2) is 17.8. The lowest BCUT2D eigenvalue weighted by molar-refractivity contribution is -0.165. The van der Waals surface area contributed by atoms with Crippen molar-refractivity contribution in [3.05, 3.63) is 11.6 Å². The minimum Gasteiger partial charge on any atom is -0.470 e. The van der Waals surface area contributed by atoms with Crippen molar-refractivity contribution < 1.29 is 55.0 Å². The molecule has 1 saturated heterocycles. The summed E-state index contributed by atoms with van der Waals surface area (Å²) < 4.78 is 83.7. The first-order valence-corrected chi connectivity index (χ1v) is 21.5. The Balaban J connectivity index is 1.32. The van der Waals surface area contributed by atoms with Crippen molar-refractivity contribution in [2.75, 3.05) is 57.5 Å². The van der Waals surface area contributed by atoms with Crippen LogP contribution >= 0.6 is 23.1 Å². The van der Waals surface area contributed by atoms with Crippen molar-refractivity contribution in [2.45, 2.75) is 92.2 Å². The maximum Gasteiger partial charge on any atom is 0.344 e. The number of hydrogen-bond acceptors (Lipinski definition) is 18. The van der Waals surface area contributed by atoms with Gasteiger partial charge in [-0.3, -0.25) is 14.4 Å². The molecule has 2 aliphatic rings. The number of carbonyl (C=O) groups excluding carboxylic acids is 4. The second-order valence-electron chi connectivity index (χ2n) is 13.4. The van der Waals surface area contributed by atoms with Gasteiger partial charge in [-0.1, -0.05) is 6.92 Å². The summed E-state index contributed by atoms with van der Waals surface area (Å²) in [6, 6.07) is 0.877. The predicted octanol–water partition coefficient (Wildman–Crippen LogP) is 1.42. The van der Waals surface area contributed by atoms with Gasteiger partial charge in [0.25, 0.3) is 15.9 Å². The molecular weight excluding hydrogens is 777 g/mol. The maximum absolute atomic E-state index is 13.0. The summed E-state index contributed by atoms with van der Waals surface area (Å²) in [6.45, 7) is 11.9. The van der Waals surface area contributed by atoms with Crippen molar-refractivity contribution in [3.63, 3.8) is 0 Å². The molecule has 0 saturated carbocycles. The van der Waals surface area contributed by atoms with E-state index in [1.54, 1.807) is 6.92 Å². The lowest BCUT2D eigenvalue weighted by atomic mass is 10.1. The molecular formula is C31H46N6O12S4. The smallest absolute Gasteiger partial charge is 0.344 e. The molecule has 2 amide bonds. The number of sulfonamides is 1. The van der Waals surface area contributed by atoms with Gasteiger partial charge in [-0.2, -0.15) is 4.37 Å². The van der Waals surface area contributed by atoms with E-state index in [9.17, 15) is 36.0 Å². The number of nitrogens with one attached hydrogen (secondary N) is 2. The van der Waals surface area contributed by atoms with E-state index in [4.69, 9.17) is 18.9 Å². The van der Waals surface area contributed by atoms with E-state index in [0.717, 1.165) is 11.7 Å². The molecule has 22 heteroatoms. The summed E-state index contributed by atoms with van der Waals surface area (Å²) in [5, 5.41) is 2.44. The Bertz CT molecular complexity index is 1850. The Morgan fingerprint density at radius 1 is 1.13 bits per heavy atom. The highest BCUT2D eigenvalue weighted by Crippen LogP contribution is 2.42. The number of amides is 2. The van der Waals surface area contributed by atoms with Crippen LogP contribution < -0.4 is 19.7 Å². The van der Waals surface area contributed by atoms with Gasteiger partial charge in [-0.25, -0.2) is 26.4 Å². The number of rotatable bonds is 16. The predicted molar refractivity (Wildman–Crippen MR) is 193 cm³/mol. The molecule has 0 aromatic carbocycles. The Kier molecular flexibility index (Phi) is 14.2. The third kappa shape index (κ3) is 11.1. The molecule has 2 aromatic heterocycles. The Hall–Kier alpha value is -3.44. The molecule has 4 rings (SSSR count). The monoisotopic (exact) mass is 822 g/mol. The first-order valence-electron chi connectivity index (χ1n) is 16.9. The van der Waals surface area contributed by atoms with Gasteiger partial charge >= 0.3 is 11.9 Å². The van der Waals surface area contributed by atoms with Crippen molar-refractivity contribution in [1.29, 1.82) is 0 Å². The van der Waals surface area contributed by atoms with Crippen LogP contribution in [0.4, 0.5) is 5.82 Å². The number of morpholine rings is 1. The number of ether oxygens (including phenoxy) is 4. The van der Waals surface area contributed by atoms with E-state index in [2.05, 4.69) is 14.1 Å². The van der Waals surface area contributed by atoms with E-state index in [1.807, 2.05) is 37.3 Å². The van der Waals surface area contributed by atoms with Crippen LogP contribution in [0.15, 0.2) is 14.5 Å². The number of aromatic nitrogens is 2. The number of sulfone groups is 1. The van der Waals surface area contributed by atoms with Crippen molar-refractivity contribution in [3.8, 4) is 5.88 Å². The highest BCUT2D eigenvalue weighted by Gasteiger charge is 2.40. The Morgan fingerprint density at radius 3 is 2.47 bits per heavy atom. The fraction of sp³-hybridized carbons (Fsp3) is 0.677. The molecule has 0 unspecified atom stereocenters. The molecule has 1 fully saturated rings. The maximum atomic E-state index is 13.0. The second-order valence-corrected chi connectivity index (χ2v) is 19.5. The molecule has 2 N–H and O–H groups in total. The number of nitrogens with zero attached hydrogens (tertiary/aromatic N) is 4. The highest BCUT2D eigenvalue weighted by atomic mass is 32.3.